The molecule has 1 saturated heterocycles. The van der Waals surface area contributed by atoms with Gasteiger partial charge in [-0.15, -0.1) is 0 Å². The highest BCUT2D eigenvalue weighted by molar-refractivity contribution is 5.43. The van der Waals surface area contributed by atoms with Gasteiger partial charge in [0.05, 0.1) is 19.3 Å². The normalized spacial score (nSPS) is 31.6. The lowest BCUT2D eigenvalue weighted by Gasteiger charge is -2.43. The zero-order valence-corrected chi connectivity index (χ0v) is 11.0. The second-order valence-corrected chi connectivity index (χ2v) is 5.52. The van der Waals surface area contributed by atoms with Gasteiger partial charge in [-0.25, -0.2) is 0 Å². The molecule has 0 aliphatic carbocycles. The Morgan fingerprint density at radius 3 is 2.95 bits per heavy atom. The molecule has 0 bridgehead atoms. The maximum atomic E-state index is 10.9. The first kappa shape index (κ1) is 12.9. The monoisotopic (exact) mass is 263 g/mol. The lowest BCUT2D eigenvalue weighted by molar-refractivity contribution is 0.00643. The van der Waals surface area contributed by atoms with Crippen molar-refractivity contribution in [2.75, 3.05) is 26.4 Å². The number of para-hydroxylation sites is 1. The highest BCUT2D eigenvalue weighted by Crippen LogP contribution is 2.43. The smallest absolute Gasteiger partial charge is 0.123 e. The average Bonchev–Trinajstić information content (AvgIpc) is 3.00. The lowest BCUT2D eigenvalue weighted by Crippen LogP contribution is -2.52. The summed E-state index contributed by atoms with van der Waals surface area (Å²) < 4.78 is 11.1. The number of benzene rings is 1. The van der Waals surface area contributed by atoms with Crippen LogP contribution in [0.5, 0.6) is 5.75 Å². The lowest BCUT2D eigenvalue weighted by atomic mass is 9.68. The van der Waals surface area contributed by atoms with E-state index in [0.717, 1.165) is 30.8 Å². The van der Waals surface area contributed by atoms with E-state index in [9.17, 15) is 5.11 Å². The fourth-order valence-electron chi connectivity index (χ4n) is 3.37. The van der Waals surface area contributed by atoms with Crippen molar-refractivity contribution in [3.8, 4) is 5.75 Å². The molecule has 1 fully saturated rings. The Morgan fingerprint density at radius 1 is 1.37 bits per heavy atom. The zero-order valence-electron chi connectivity index (χ0n) is 11.0. The fraction of sp³-hybridized carbons (Fsp3) is 0.600. The van der Waals surface area contributed by atoms with Gasteiger partial charge in [-0.3, -0.25) is 0 Å². The number of hydrogen-bond acceptors (Lipinski definition) is 4. The van der Waals surface area contributed by atoms with Crippen LogP contribution >= 0.6 is 0 Å². The molecular formula is C15H21NO3. The van der Waals surface area contributed by atoms with Gasteiger partial charge in [0.1, 0.15) is 5.75 Å². The van der Waals surface area contributed by atoms with Crippen molar-refractivity contribution in [2.45, 2.75) is 24.4 Å². The molecule has 0 radical (unpaired) electrons. The first-order valence-electron chi connectivity index (χ1n) is 6.96. The van der Waals surface area contributed by atoms with Gasteiger partial charge in [-0.1, -0.05) is 18.2 Å². The Labute approximate surface area is 113 Å². The standard InChI is InChI=1S/C15H21NO3/c16-10-15(14(17)11-5-7-18-9-11)6-8-19-13-4-2-1-3-12(13)15/h1-4,11,14,17H,5-10,16H2. The molecule has 3 atom stereocenters. The van der Waals surface area contributed by atoms with E-state index in [4.69, 9.17) is 15.2 Å². The number of rotatable bonds is 3. The molecule has 104 valence electrons. The summed E-state index contributed by atoms with van der Waals surface area (Å²) in [6, 6.07) is 7.92. The molecule has 4 nitrogen and oxygen atoms in total. The van der Waals surface area contributed by atoms with Crippen LogP contribution in [0.1, 0.15) is 18.4 Å². The predicted octanol–water partition coefficient (Wildman–Crippen LogP) is 1.06. The van der Waals surface area contributed by atoms with Gasteiger partial charge in [0.2, 0.25) is 0 Å². The summed E-state index contributed by atoms with van der Waals surface area (Å²) in [7, 11) is 0. The maximum absolute atomic E-state index is 10.9. The number of ether oxygens (including phenoxy) is 2. The number of fused-ring (bicyclic) bond motifs is 1. The summed E-state index contributed by atoms with van der Waals surface area (Å²) >= 11 is 0. The third-order valence-corrected chi connectivity index (χ3v) is 4.57. The van der Waals surface area contributed by atoms with Crippen LogP contribution in [0.3, 0.4) is 0 Å². The largest absolute Gasteiger partial charge is 0.493 e. The van der Waals surface area contributed by atoms with Crippen LogP contribution in [-0.2, 0) is 10.2 Å². The van der Waals surface area contributed by atoms with Crippen LogP contribution in [0.25, 0.3) is 0 Å². The minimum Gasteiger partial charge on any atom is -0.493 e. The van der Waals surface area contributed by atoms with E-state index in [1.54, 1.807) is 0 Å². The number of hydrogen-bond donors (Lipinski definition) is 2. The van der Waals surface area contributed by atoms with E-state index in [2.05, 4.69) is 0 Å². The van der Waals surface area contributed by atoms with Gasteiger partial charge in [0, 0.05) is 30.0 Å². The van der Waals surface area contributed by atoms with Crippen molar-refractivity contribution < 1.29 is 14.6 Å². The van der Waals surface area contributed by atoms with E-state index in [1.807, 2.05) is 24.3 Å². The molecule has 1 aromatic carbocycles. The zero-order chi connectivity index (χ0) is 13.3. The second kappa shape index (κ2) is 5.12. The minimum absolute atomic E-state index is 0.176. The van der Waals surface area contributed by atoms with Gasteiger partial charge in [-0.2, -0.15) is 0 Å². The van der Waals surface area contributed by atoms with Crippen LogP contribution in [0.15, 0.2) is 24.3 Å². The van der Waals surface area contributed by atoms with Crippen molar-refractivity contribution in [3.05, 3.63) is 29.8 Å². The summed E-state index contributed by atoms with van der Waals surface area (Å²) in [5.41, 5.74) is 6.71. The Balaban J connectivity index is 1.99. The molecule has 4 heteroatoms. The Kier molecular flexibility index (Phi) is 3.48. The minimum atomic E-state index is -0.468. The number of aliphatic hydroxyl groups excluding tert-OH is 1. The molecule has 0 amide bonds. The molecule has 0 aromatic heterocycles. The van der Waals surface area contributed by atoms with Crippen LogP contribution < -0.4 is 10.5 Å². The van der Waals surface area contributed by atoms with Crippen LogP contribution in [0, 0.1) is 5.92 Å². The van der Waals surface area contributed by atoms with Gasteiger partial charge >= 0.3 is 0 Å². The first-order valence-corrected chi connectivity index (χ1v) is 6.96. The molecular weight excluding hydrogens is 242 g/mol. The van der Waals surface area contributed by atoms with Crippen LogP contribution in [0.2, 0.25) is 0 Å². The molecule has 19 heavy (non-hydrogen) atoms. The van der Waals surface area contributed by atoms with E-state index in [1.165, 1.54) is 0 Å². The number of nitrogens with two attached hydrogens (primary N) is 1. The molecule has 0 spiro atoms. The SMILES string of the molecule is NCC1(C(O)C2CCOC2)CCOc2ccccc21. The van der Waals surface area contributed by atoms with E-state index in [0.29, 0.717) is 19.8 Å². The molecule has 2 aliphatic heterocycles. The number of aliphatic hydroxyl groups is 1. The maximum Gasteiger partial charge on any atom is 0.123 e. The third kappa shape index (κ3) is 2.04. The molecule has 2 aliphatic rings. The molecule has 2 heterocycles. The van der Waals surface area contributed by atoms with E-state index in [-0.39, 0.29) is 5.92 Å². The first-order chi connectivity index (χ1) is 9.28. The summed E-state index contributed by atoms with van der Waals surface area (Å²) in [6.07, 6.45) is 1.20. The van der Waals surface area contributed by atoms with Crippen molar-refractivity contribution in [2.24, 2.45) is 11.7 Å². The van der Waals surface area contributed by atoms with Gasteiger partial charge in [0.15, 0.2) is 0 Å². The van der Waals surface area contributed by atoms with Gasteiger partial charge < -0.3 is 20.3 Å². The third-order valence-electron chi connectivity index (χ3n) is 4.57. The fourth-order valence-corrected chi connectivity index (χ4v) is 3.37. The molecule has 3 N–H and O–H groups in total. The Hall–Kier alpha value is -1.10. The van der Waals surface area contributed by atoms with Crippen molar-refractivity contribution in [1.29, 1.82) is 0 Å². The Morgan fingerprint density at radius 2 is 2.21 bits per heavy atom. The summed E-state index contributed by atoms with van der Waals surface area (Å²) in [5.74, 6) is 1.03. The highest BCUT2D eigenvalue weighted by atomic mass is 16.5. The van der Waals surface area contributed by atoms with Crippen molar-refractivity contribution in [3.63, 3.8) is 0 Å². The van der Waals surface area contributed by atoms with Crippen LogP contribution in [0.4, 0.5) is 0 Å². The van der Waals surface area contributed by atoms with Crippen LogP contribution in [-0.4, -0.2) is 37.6 Å². The summed E-state index contributed by atoms with van der Waals surface area (Å²) in [6.45, 7) is 2.41. The highest BCUT2D eigenvalue weighted by Gasteiger charge is 2.46. The van der Waals surface area contributed by atoms with Crippen molar-refractivity contribution >= 4 is 0 Å². The van der Waals surface area contributed by atoms with E-state index >= 15 is 0 Å². The molecule has 1 aromatic rings. The Bertz CT molecular complexity index is 445. The topological polar surface area (TPSA) is 64.7 Å². The molecule has 3 rings (SSSR count). The predicted molar refractivity (Wildman–Crippen MR) is 72.2 cm³/mol. The summed E-state index contributed by atoms with van der Waals surface area (Å²) in [4.78, 5) is 0. The van der Waals surface area contributed by atoms with Gasteiger partial charge in [-0.05, 0) is 18.9 Å². The van der Waals surface area contributed by atoms with E-state index < -0.39 is 11.5 Å². The average molecular weight is 263 g/mol. The summed E-state index contributed by atoms with van der Waals surface area (Å²) in [5, 5.41) is 10.9. The quantitative estimate of drug-likeness (QED) is 0.856. The van der Waals surface area contributed by atoms with Gasteiger partial charge in [0.25, 0.3) is 0 Å². The second-order valence-electron chi connectivity index (χ2n) is 5.52. The molecule has 3 unspecified atom stereocenters. The molecule has 0 saturated carbocycles. The van der Waals surface area contributed by atoms with Crippen molar-refractivity contribution in [1.82, 2.24) is 0 Å².